The van der Waals surface area contributed by atoms with Gasteiger partial charge in [0.2, 0.25) is 0 Å². The van der Waals surface area contributed by atoms with Crippen molar-refractivity contribution in [2.45, 2.75) is 6.42 Å². The summed E-state index contributed by atoms with van der Waals surface area (Å²) in [6.07, 6.45) is 3.96. The van der Waals surface area contributed by atoms with Crippen LogP contribution in [0.3, 0.4) is 0 Å². The topological polar surface area (TPSA) is 102 Å². The highest BCUT2D eigenvalue weighted by Crippen LogP contribution is 2.15. The highest BCUT2D eigenvalue weighted by molar-refractivity contribution is 6.11. The molecule has 0 unspecified atom stereocenters. The standard InChI is InChI=1S/C17H16N6/c1-23(2)14-7-4-12(5-8-14)3-6-13-9-17(20)22-16(11-19)15(10-18)21-13/h3-8H,9H2,1-2H3,(H2,20,22)/b6-3+. The SMILES string of the molecule is CN(C)c1ccc(/C=C/C2=NC(C#N)=C(C#N)N=C(N)C2)cc1. The average Bonchev–Trinajstić information content (AvgIpc) is 2.71. The summed E-state index contributed by atoms with van der Waals surface area (Å²) in [5.74, 6) is 0.262. The van der Waals surface area contributed by atoms with E-state index < -0.39 is 0 Å². The van der Waals surface area contributed by atoms with Gasteiger partial charge in [-0.15, -0.1) is 0 Å². The molecule has 0 radical (unpaired) electrons. The number of nitrogens with zero attached hydrogens (tertiary/aromatic N) is 5. The molecule has 1 aromatic carbocycles. The van der Waals surface area contributed by atoms with E-state index in [0.29, 0.717) is 12.1 Å². The van der Waals surface area contributed by atoms with Gasteiger partial charge < -0.3 is 10.6 Å². The van der Waals surface area contributed by atoms with Gasteiger partial charge in [-0.25, -0.2) is 9.98 Å². The number of nitrogens with two attached hydrogens (primary N) is 1. The Bertz CT molecular complexity index is 795. The molecule has 6 nitrogen and oxygen atoms in total. The molecule has 0 saturated carbocycles. The van der Waals surface area contributed by atoms with Crippen LogP contribution >= 0.6 is 0 Å². The zero-order chi connectivity index (χ0) is 16.8. The second kappa shape index (κ2) is 7.06. The summed E-state index contributed by atoms with van der Waals surface area (Å²) >= 11 is 0. The van der Waals surface area contributed by atoms with Crippen LogP contribution in [0, 0.1) is 22.7 Å². The van der Waals surface area contributed by atoms with Gasteiger partial charge in [-0.2, -0.15) is 10.5 Å². The number of hydrogen-bond acceptors (Lipinski definition) is 6. The van der Waals surface area contributed by atoms with E-state index in [-0.39, 0.29) is 17.2 Å². The van der Waals surface area contributed by atoms with E-state index in [1.165, 1.54) is 0 Å². The van der Waals surface area contributed by atoms with Crippen molar-refractivity contribution >= 4 is 23.3 Å². The summed E-state index contributed by atoms with van der Waals surface area (Å²) in [5, 5.41) is 18.1. The first-order chi connectivity index (χ1) is 11.0. The number of aliphatic imine (C=N–C) groups is 2. The van der Waals surface area contributed by atoms with Gasteiger partial charge in [-0.05, 0) is 23.8 Å². The Morgan fingerprint density at radius 3 is 2.22 bits per heavy atom. The third kappa shape index (κ3) is 4.05. The minimum Gasteiger partial charge on any atom is -0.387 e. The first-order valence-corrected chi connectivity index (χ1v) is 6.94. The smallest absolute Gasteiger partial charge is 0.178 e. The van der Waals surface area contributed by atoms with Crippen LogP contribution in [0.4, 0.5) is 5.69 Å². The van der Waals surface area contributed by atoms with Crippen molar-refractivity contribution in [1.82, 2.24) is 0 Å². The minimum atomic E-state index is -0.0521. The number of amidine groups is 1. The van der Waals surface area contributed by atoms with Crippen molar-refractivity contribution in [1.29, 1.82) is 10.5 Å². The van der Waals surface area contributed by atoms with Gasteiger partial charge in [-0.3, -0.25) is 0 Å². The average molecular weight is 304 g/mol. The van der Waals surface area contributed by atoms with E-state index in [1.807, 2.05) is 61.5 Å². The Morgan fingerprint density at radius 1 is 1.04 bits per heavy atom. The zero-order valence-electron chi connectivity index (χ0n) is 13.0. The molecule has 1 aliphatic rings. The molecule has 114 valence electrons. The van der Waals surface area contributed by atoms with Gasteiger partial charge in [0, 0.05) is 31.9 Å². The van der Waals surface area contributed by atoms with E-state index in [2.05, 4.69) is 9.98 Å². The Balaban J connectivity index is 2.27. The maximum Gasteiger partial charge on any atom is 0.178 e. The molecule has 0 aromatic heterocycles. The number of allylic oxidation sites excluding steroid dienone is 3. The Kier molecular flexibility index (Phi) is 4.91. The van der Waals surface area contributed by atoms with Crippen LogP contribution < -0.4 is 10.6 Å². The van der Waals surface area contributed by atoms with Gasteiger partial charge in [0.15, 0.2) is 11.4 Å². The Hall–Kier alpha value is -3.38. The second-order valence-corrected chi connectivity index (χ2v) is 5.12. The molecule has 6 heteroatoms. The normalized spacial score (nSPS) is 14.6. The van der Waals surface area contributed by atoms with Crippen molar-refractivity contribution < 1.29 is 0 Å². The molecule has 0 fully saturated rings. The maximum atomic E-state index is 9.08. The van der Waals surface area contributed by atoms with E-state index in [4.69, 9.17) is 16.3 Å². The molecular formula is C17H16N6. The molecule has 1 heterocycles. The molecule has 0 aliphatic carbocycles. The molecule has 0 atom stereocenters. The van der Waals surface area contributed by atoms with Crippen molar-refractivity contribution in [3.05, 3.63) is 47.3 Å². The molecular weight excluding hydrogens is 288 g/mol. The molecule has 2 N–H and O–H groups in total. The lowest BCUT2D eigenvalue weighted by Gasteiger charge is -2.11. The summed E-state index contributed by atoms with van der Waals surface area (Å²) in [6, 6.07) is 11.7. The van der Waals surface area contributed by atoms with Crippen molar-refractivity contribution in [2.24, 2.45) is 15.7 Å². The number of rotatable bonds is 3. The van der Waals surface area contributed by atoms with Gasteiger partial charge in [0.1, 0.15) is 18.0 Å². The van der Waals surface area contributed by atoms with Crippen LogP contribution in [0.25, 0.3) is 6.08 Å². The fraction of sp³-hybridized carbons (Fsp3) is 0.176. The zero-order valence-corrected chi connectivity index (χ0v) is 13.0. The predicted octanol–water partition coefficient (Wildman–Crippen LogP) is 2.23. The fourth-order valence-corrected chi connectivity index (χ4v) is 1.99. The first kappa shape index (κ1) is 16.0. The fourth-order valence-electron chi connectivity index (χ4n) is 1.99. The predicted molar refractivity (Wildman–Crippen MR) is 91.7 cm³/mol. The van der Waals surface area contributed by atoms with E-state index in [1.54, 1.807) is 6.08 Å². The van der Waals surface area contributed by atoms with Crippen LogP contribution in [0.5, 0.6) is 0 Å². The van der Waals surface area contributed by atoms with Crippen LogP contribution in [0.2, 0.25) is 0 Å². The molecule has 1 aromatic rings. The van der Waals surface area contributed by atoms with Crippen LogP contribution in [0.1, 0.15) is 12.0 Å². The van der Waals surface area contributed by atoms with E-state index >= 15 is 0 Å². The van der Waals surface area contributed by atoms with Crippen molar-refractivity contribution in [3.8, 4) is 12.1 Å². The first-order valence-electron chi connectivity index (χ1n) is 6.94. The van der Waals surface area contributed by atoms with Gasteiger partial charge in [0.05, 0.1) is 0 Å². The van der Waals surface area contributed by atoms with Crippen LogP contribution in [-0.4, -0.2) is 25.6 Å². The molecule has 1 aliphatic heterocycles. The summed E-state index contributed by atoms with van der Waals surface area (Å²) < 4.78 is 0. The third-order valence-electron chi connectivity index (χ3n) is 3.19. The largest absolute Gasteiger partial charge is 0.387 e. The van der Waals surface area contributed by atoms with Gasteiger partial charge in [0.25, 0.3) is 0 Å². The monoisotopic (exact) mass is 304 g/mol. The molecule has 0 bridgehead atoms. The number of benzene rings is 1. The lowest BCUT2D eigenvalue weighted by Crippen LogP contribution is -2.15. The molecule has 0 spiro atoms. The lowest BCUT2D eigenvalue weighted by molar-refractivity contribution is 1.13. The molecule has 0 amide bonds. The number of nitriles is 2. The number of anilines is 1. The second-order valence-electron chi connectivity index (χ2n) is 5.12. The summed E-state index contributed by atoms with van der Waals surface area (Å²) in [7, 11) is 3.96. The highest BCUT2D eigenvalue weighted by Gasteiger charge is 2.12. The van der Waals surface area contributed by atoms with E-state index in [0.717, 1.165) is 11.3 Å². The van der Waals surface area contributed by atoms with Gasteiger partial charge >= 0.3 is 0 Å². The van der Waals surface area contributed by atoms with E-state index in [9.17, 15) is 0 Å². The van der Waals surface area contributed by atoms with Crippen molar-refractivity contribution in [3.63, 3.8) is 0 Å². The highest BCUT2D eigenvalue weighted by atomic mass is 15.1. The molecule has 0 saturated heterocycles. The van der Waals surface area contributed by atoms with Gasteiger partial charge in [-0.1, -0.05) is 18.2 Å². The lowest BCUT2D eigenvalue weighted by atomic mass is 10.1. The Morgan fingerprint density at radius 2 is 1.65 bits per heavy atom. The van der Waals surface area contributed by atoms with Crippen LogP contribution in [-0.2, 0) is 0 Å². The summed E-state index contributed by atoms with van der Waals surface area (Å²) in [5.41, 5.74) is 8.39. The molecule has 23 heavy (non-hydrogen) atoms. The number of hydrogen-bond donors (Lipinski definition) is 1. The quantitative estimate of drug-likeness (QED) is 0.925. The minimum absolute atomic E-state index is 0.0180. The molecule has 2 rings (SSSR count). The van der Waals surface area contributed by atoms with Crippen LogP contribution in [0.15, 0.2) is 51.7 Å². The Labute approximate surface area is 135 Å². The maximum absolute atomic E-state index is 9.08. The third-order valence-corrected chi connectivity index (χ3v) is 3.19. The summed E-state index contributed by atoms with van der Waals surface area (Å²) in [4.78, 5) is 10.1. The summed E-state index contributed by atoms with van der Waals surface area (Å²) in [6.45, 7) is 0. The van der Waals surface area contributed by atoms with Crippen molar-refractivity contribution in [2.75, 3.05) is 19.0 Å².